The Hall–Kier alpha value is -3.94. The standard InChI is InChI=1S/C21H21N5O3/c1-26(2)16-7-10-18(21(28)13-16)24-25-19-12-15(6-11-20(19)27)23-22-14-4-8-17(29-3)9-5-14/h4-13,27-28H,1-3H3. The van der Waals surface area contributed by atoms with Crippen LogP contribution >= 0.6 is 0 Å². The van der Waals surface area contributed by atoms with Gasteiger partial charge in [-0.1, -0.05) is 0 Å². The van der Waals surface area contributed by atoms with Crippen LogP contribution in [0.1, 0.15) is 0 Å². The highest BCUT2D eigenvalue weighted by Gasteiger charge is 2.05. The molecular formula is C21H21N5O3. The number of nitrogens with zero attached hydrogens (tertiary/aromatic N) is 5. The number of phenols is 2. The molecule has 0 aliphatic heterocycles. The van der Waals surface area contributed by atoms with E-state index in [1.54, 1.807) is 55.6 Å². The molecule has 0 aliphatic rings. The highest BCUT2D eigenvalue weighted by Crippen LogP contribution is 2.35. The zero-order chi connectivity index (χ0) is 20.8. The average Bonchev–Trinajstić information content (AvgIpc) is 2.73. The second kappa shape index (κ2) is 8.83. The van der Waals surface area contributed by atoms with Gasteiger partial charge in [-0.05, 0) is 54.6 Å². The van der Waals surface area contributed by atoms with Crippen molar-refractivity contribution in [2.75, 3.05) is 26.1 Å². The van der Waals surface area contributed by atoms with Crippen molar-refractivity contribution in [2.24, 2.45) is 20.5 Å². The second-order valence-electron chi connectivity index (χ2n) is 6.34. The Bertz CT molecular complexity index is 1050. The molecule has 0 aliphatic carbocycles. The summed E-state index contributed by atoms with van der Waals surface area (Å²) in [6, 6.07) is 16.8. The van der Waals surface area contributed by atoms with Crippen LogP contribution in [0.25, 0.3) is 0 Å². The Morgan fingerprint density at radius 1 is 0.690 bits per heavy atom. The predicted octanol–water partition coefficient (Wildman–Crippen LogP) is 6.00. The summed E-state index contributed by atoms with van der Waals surface area (Å²) in [5, 5.41) is 36.5. The lowest BCUT2D eigenvalue weighted by Crippen LogP contribution is -2.07. The number of ether oxygens (including phenoxy) is 1. The van der Waals surface area contributed by atoms with E-state index in [9.17, 15) is 10.2 Å². The van der Waals surface area contributed by atoms with Gasteiger partial charge < -0.3 is 19.8 Å². The van der Waals surface area contributed by atoms with Crippen LogP contribution in [-0.4, -0.2) is 31.4 Å². The summed E-state index contributed by atoms with van der Waals surface area (Å²) in [4.78, 5) is 1.86. The lowest BCUT2D eigenvalue weighted by Gasteiger charge is -2.12. The third-order valence-electron chi connectivity index (χ3n) is 4.05. The minimum atomic E-state index is -0.0541. The molecule has 2 N–H and O–H groups in total. The molecule has 8 nitrogen and oxygen atoms in total. The number of methoxy groups -OCH3 is 1. The van der Waals surface area contributed by atoms with Gasteiger partial charge in [0.15, 0.2) is 0 Å². The van der Waals surface area contributed by atoms with Gasteiger partial charge in [0.25, 0.3) is 0 Å². The molecule has 0 atom stereocenters. The number of azo groups is 2. The van der Waals surface area contributed by atoms with Crippen molar-refractivity contribution in [3.63, 3.8) is 0 Å². The maximum Gasteiger partial charge on any atom is 0.145 e. The molecule has 0 aromatic heterocycles. The van der Waals surface area contributed by atoms with Crippen LogP contribution in [0, 0.1) is 0 Å². The molecule has 29 heavy (non-hydrogen) atoms. The third-order valence-corrected chi connectivity index (χ3v) is 4.05. The molecule has 0 saturated heterocycles. The Balaban J connectivity index is 1.80. The quantitative estimate of drug-likeness (QED) is 0.503. The molecule has 0 unspecified atom stereocenters. The van der Waals surface area contributed by atoms with Gasteiger partial charge in [0, 0.05) is 25.8 Å². The van der Waals surface area contributed by atoms with Crippen molar-refractivity contribution in [1.82, 2.24) is 0 Å². The molecule has 148 valence electrons. The summed E-state index contributed by atoms with van der Waals surface area (Å²) in [6.45, 7) is 0. The smallest absolute Gasteiger partial charge is 0.145 e. The fourth-order valence-electron chi connectivity index (χ4n) is 2.40. The molecule has 0 fully saturated rings. The fourth-order valence-corrected chi connectivity index (χ4v) is 2.40. The molecule has 0 spiro atoms. The number of benzene rings is 3. The lowest BCUT2D eigenvalue weighted by molar-refractivity contribution is 0.415. The van der Waals surface area contributed by atoms with Crippen molar-refractivity contribution < 1.29 is 14.9 Å². The maximum atomic E-state index is 10.1. The fraction of sp³-hybridized carbons (Fsp3) is 0.143. The number of hydrogen-bond acceptors (Lipinski definition) is 8. The summed E-state index contributed by atoms with van der Waals surface area (Å²) in [5.74, 6) is 0.675. The van der Waals surface area contributed by atoms with Crippen molar-refractivity contribution in [2.45, 2.75) is 0 Å². The van der Waals surface area contributed by atoms with Crippen molar-refractivity contribution in [3.8, 4) is 17.2 Å². The van der Waals surface area contributed by atoms with E-state index in [4.69, 9.17) is 4.74 Å². The van der Waals surface area contributed by atoms with Crippen LogP contribution in [-0.2, 0) is 0 Å². The first-order chi connectivity index (χ1) is 14.0. The number of hydrogen-bond donors (Lipinski definition) is 2. The Morgan fingerprint density at radius 2 is 1.34 bits per heavy atom. The van der Waals surface area contributed by atoms with Crippen molar-refractivity contribution in [1.29, 1.82) is 0 Å². The summed E-state index contributed by atoms with van der Waals surface area (Å²) < 4.78 is 5.11. The Kier molecular flexibility index (Phi) is 6.03. The van der Waals surface area contributed by atoms with Crippen molar-refractivity contribution >= 4 is 28.4 Å². The summed E-state index contributed by atoms with van der Waals surface area (Å²) in [7, 11) is 5.35. The molecule has 3 rings (SSSR count). The van der Waals surface area contributed by atoms with Gasteiger partial charge in [-0.3, -0.25) is 0 Å². The molecule has 0 radical (unpaired) electrons. The first-order valence-electron chi connectivity index (χ1n) is 8.77. The van der Waals surface area contributed by atoms with E-state index in [1.807, 2.05) is 25.1 Å². The van der Waals surface area contributed by atoms with Crippen LogP contribution in [0.15, 0.2) is 81.1 Å². The normalized spacial score (nSPS) is 11.3. The summed E-state index contributed by atoms with van der Waals surface area (Å²) in [5.41, 5.74) is 2.51. The monoisotopic (exact) mass is 391 g/mol. The molecule has 3 aromatic carbocycles. The second-order valence-corrected chi connectivity index (χ2v) is 6.34. The SMILES string of the molecule is COc1ccc(N=Nc2ccc(O)c(N=Nc3ccc(N(C)C)cc3O)c2)cc1. The van der Waals surface area contributed by atoms with Crippen LogP contribution in [0.3, 0.4) is 0 Å². The van der Waals surface area contributed by atoms with Gasteiger partial charge in [0.2, 0.25) is 0 Å². The topological polar surface area (TPSA) is 102 Å². The molecule has 0 saturated carbocycles. The maximum absolute atomic E-state index is 10.1. The zero-order valence-electron chi connectivity index (χ0n) is 16.3. The predicted molar refractivity (Wildman–Crippen MR) is 112 cm³/mol. The zero-order valence-corrected chi connectivity index (χ0v) is 16.3. The number of aromatic hydroxyl groups is 2. The van der Waals surface area contributed by atoms with Gasteiger partial charge in [-0.2, -0.15) is 10.2 Å². The van der Waals surface area contributed by atoms with Gasteiger partial charge in [-0.25, -0.2) is 0 Å². The first-order valence-corrected chi connectivity index (χ1v) is 8.77. The third kappa shape index (κ3) is 5.07. The van der Waals surface area contributed by atoms with E-state index < -0.39 is 0 Å². The molecule has 0 amide bonds. The van der Waals surface area contributed by atoms with Gasteiger partial charge in [-0.15, -0.1) is 10.2 Å². The van der Waals surface area contributed by atoms with Gasteiger partial charge >= 0.3 is 0 Å². The van der Waals surface area contributed by atoms with Gasteiger partial charge in [0.05, 0.1) is 18.5 Å². The molecule has 0 bridgehead atoms. The molecule has 0 heterocycles. The molecular weight excluding hydrogens is 370 g/mol. The van der Waals surface area contributed by atoms with E-state index >= 15 is 0 Å². The lowest BCUT2D eigenvalue weighted by atomic mass is 10.2. The van der Waals surface area contributed by atoms with E-state index in [1.165, 1.54) is 6.07 Å². The summed E-state index contributed by atoms with van der Waals surface area (Å²) in [6.07, 6.45) is 0. The van der Waals surface area contributed by atoms with Crippen molar-refractivity contribution in [3.05, 3.63) is 60.7 Å². The van der Waals surface area contributed by atoms with Crippen LogP contribution in [0.2, 0.25) is 0 Å². The minimum Gasteiger partial charge on any atom is -0.506 e. The number of rotatable bonds is 6. The van der Waals surface area contributed by atoms with Crippen LogP contribution in [0.4, 0.5) is 28.4 Å². The van der Waals surface area contributed by atoms with E-state index in [2.05, 4.69) is 20.5 Å². The number of phenolic OH excluding ortho intramolecular Hbond substituents is 2. The average molecular weight is 391 g/mol. The Morgan fingerprint density at radius 3 is 2.00 bits per heavy atom. The highest BCUT2D eigenvalue weighted by atomic mass is 16.5. The van der Waals surface area contributed by atoms with Gasteiger partial charge in [0.1, 0.15) is 28.6 Å². The Labute approximate surface area is 168 Å². The summed E-state index contributed by atoms with van der Waals surface area (Å²) >= 11 is 0. The largest absolute Gasteiger partial charge is 0.506 e. The first kappa shape index (κ1) is 19.8. The van der Waals surface area contributed by atoms with E-state index in [0.717, 1.165) is 11.4 Å². The highest BCUT2D eigenvalue weighted by molar-refractivity contribution is 5.62. The minimum absolute atomic E-state index is 0.00483. The van der Waals surface area contributed by atoms with Crippen LogP contribution in [0.5, 0.6) is 17.2 Å². The molecule has 8 heteroatoms. The molecule has 3 aromatic rings. The van der Waals surface area contributed by atoms with E-state index in [-0.39, 0.29) is 17.2 Å². The number of anilines is 1. The van der Waals surface area contributed by atoms with Crippen LogP contribution < -0.4 is 9.64 Å². The van der Waals surface area contributed by atoms with E-state index in [0.29, 0.717) is 17.1 Å².